The number of ether oxygens (including phenoxy) is 2. The van der Waals surface area contributed by atoms with Crippen molar-refractivity contribution in [3.8, 4) is 5.75 Å². The minimum Gasteiger partial charge on any atom is -0.482 e. The van der Waals surface area contributed by atoms with E-state index in [4.69, 9.17) is 19.7 Å². The summed E-state index contributed by atoms with van der Waals surface area (Å²) < 4.78 is 10.8. The molecule has 0 aromatic heterocycles. The number of carboxylic acids is 1. The van der Waals surface area contributed by atoms with Crippen LogP contribution in [0.15, 0.2) is 18.2 Å². The van der Waals surface area contributed by atoms with E-state index >= 15 is 0 Å². The fraction of sp³-hybridized carbons (Fsp3) is 0.636. The Bertz CT molecular complexity index is 686. The fourth-order valence-corrected chi connectivity index (χ4v) is 4.84. The monoisotopic (exact) mass is 390 g/mol. The number of aliphatic carboxylic acids is 1. The molecular weight excluding hydrogens is 360 g/mol. The Morgan fingerprint density at radius 1 is 1.14 bits per heavy atom. The number of carbonyl (C=O) groups is 2. The highest BCUT2D eigenvalue weighted by Crippen LogP contribution is 2.48. The van der Waals surface area contributed by atoms with Crippen LogP contribution in [0.1, 0.15) is 49.7 Å². The molecule has 0 radical (unpaired) electrons. The molecule has 28 heavy (non-hydrogen) atoms. The van der Waals surface area contributed by atoms with Crippen LogP contribution in [0, 0.1) is 17.8 Å². The maximum atomic E-state index is 11.5. The van der Waals surface area contributed by atoms with Gasteiger partial charge in [0.2, 0.25) is 0 Å². The molecule has 0 saturated heterocycles. The molecule has 0 aliphatic heterocycles. The Kier molecular flexibility index (Phi) is 7.31. The number of aliphatic hydroxyl groups excluding tert-OH is 1. The first-order valence-corrected chi connectivity index (χ1v) is 10.3. The highest BCUT2D eigenvalue weighted by Gasteiger charge is 2.39. The maximum Gasteiger partial charge on any atom is 0.341 e. The first-order chi connectivity index (χ1) is 13.6. The van der Waals surface area contributed by atoms with Crippen LogP contribution < -0.4 is 4.74 Å². The number of rotatable bonds is 10. The smallest absolute Gasteiger partial charge is 0.341 e. The van der Waals surface area contributed by atoms with Crippen LogP contribution in [0.4, 0.5) is 0 Å². The van der Waals surface area contributed by atoms with Gasteiger partial charge in [-0.3, -0.25) is 4.79 Å². The van der Waals surface area contributed by atoms with Crippen LogP contribution in [0.25, 0.3) is 0 Å². The zero-order valence-electron chi connectivity index (χ0n) is 16.3. The lowest BCUT2D eigenvalue weighted by molar-refractivity contribution is -0.144. The summed E-state index contributed by atoms with van der Waals surface area (Å²) in [5, 5.41) is 17.6. The summed E-state index contributed by atoms with van der Waals surface area (Å²) >= 11 is 0. The summed E-state index contributed by atoms with van der Waals surface area (Å²) in [4.78, 5) is 22.3. The number of carbonyl (C=O) groups excluding carboxylic acids is 1. The van der Waals surface area contributed by atoms with Gasteiger partial charge < -0.3 is 19.7 Å². The molecule has 2 aliphatic rings. The van der Waals surface area contributed by atoms with E-state index in [0.717, 1.165) is 31.4 Å². The molecule has 1 unspecified atom stereocenters. The van der Waals surface area contributed by atoms with Crippen LogP contribution >= 0.6 is 0 Å². The number of hydrogen-bond acceptors (Lipinski definition) is 5. The summed E-state index contributed by atoms with van der Waals surface area (Å²) in [6, 6.07) is 5.96. The number of fused-ring (bicyclic) bond motifs is 2. The van der Waals surface area contributed by atoms with Crippen LogP contribution in [0.3, 0.4) is 0 Å². The van der Waals surface area contributed by atoms with Crippen molar-refractivity contribution in [3.63, 3.8) is 0 Å². The second-order valence-electron chi connectivity index (χ2n) is 7.94. The molecule has 6 heteroatoms. The van der Waals surface area contributed by atoms with Crippen LogP contribution in [0.2, 0.25) is 0 Å². The highest BCUT2D eigenvalue weighted by molar-refractivity contribution is 5.69. The minimum atomic E-state index is -0.954. The van der Waals surface area contributed by atoms with Crippen molar-refractivity contribution in [1.29, 1.82) is 0 Å². The fourth-order valence-electron chi connectivity index (χ4n) is 4.84. The Balaban J connectivity index is 1.51. The number of benzene rings is 1. The zero-order chi connectivity index (χ0) is 19.9. The third-order valence-electron chi connectivity index (χ3n) is 6.14. The van der Waals surface area contributed by atoms with Gasteiger partial charge in [-0.25, -0.2) is 4.79 Å². The quantitative estimate of drug-likeness (QED) is 0.471. The number of esters is 1. The molecule has 3 atom stereocenters. The molecule has 0 spiro atoms. The SMILES string of the molecule is O=C(O)COc1cccc2c1C[C@H]1CCC(CCCOC(=O)CCCO)[C@H]1C2. The van der Waals surface area contributed by atoms with Gasteiger partial charge in [-0.05, 0) is 79.9 Å². The standard InChI is InChI=1S/C22H30O6/c23-10-2-7-22(26)27-11-3-5-15-8-9-17-13-19-16(12-18(15)17)4-1-6-20(19)28-14-21(24)25/h1,4,6,15,17-18,23H,2-3,5,7-14H2,(H,24,25)/t15?,17-,18-/m1/s1. The Morgan fingerprint density at radius 2 is 2.00 bits per heavy atom. The van der Waals surface area contributed by atoms with Gasteiger partial charge in [-0.2, -0.15) is 0 Å². The summed E-state index contributed by atoms with van der Waals surface area (Å²) in [5.74, 6) is 1.46. The number of carboxylic acid groups (broad SMARTS) is 1. The Labute approximate surface area is 165 Å². The molecule has 0 heterocycles. The highest BCUT2D eigenvalue weighted by atomic mass is 16.5. The Morgan fingerprint density at radius 3 is 2.79 bits per heavy atom. The van der Waals surface area contributed by atoms with Gasteiger partial charge >= 0.3 is 11.9 Å². The molecule has 0 bridgehead atoms. The van der Waals surface area contributed by atoms with E-state index in [1.165, 1.54) is 24.0 Å². The van der Waals surface area contributed by atoms with Gasteiger partial charge in [0, 0.05) is 13.0 Å². The first kappa shape index (κ1) is 20.6. The van der Waals surface area contributed by atoms with Gasteiger partial charge in [0.05, 0.1) is 6.61 Å². The molecule has 1 fully saturated rings. The predicted molar refractivity (Wildman–Crippen MR) is 103 cm³/mol. The molecule has 2 aliphatic carbocycles. The lowest BCUT2D eigenvalue weighted by Gasteiger charge is -2.32. The molecule has 1 aromatic rings. The molecule has 6 nitrogen and oxygen atoms in total. The maximum absolute atomic E-state index is 11.5. The average molecular weight is 390 g/mol. The van der Waals surface area contributed by atoms with Gasteiger partial charge in [-0.1, -0.05) is 12.1 Å². The third kappa shape index (κ3) is 5.25. The van der Waals surface area contributed by atoms with E-state index in [1.54, 1.807) is 0 Å². The van der Waals surface area contributed by atoms with Crippen molar-refractivity contribution < 1.29 is 29.3 Å². The van der Waals surface area contributed by atoms with E-state index in [1.807, 2.05) is 12.1 Å². The van der Waals surface area contributed by atoms with Crippen LogP contribution in [-0.2, 0) is 27.2 Å². The molecule has 154 valence electrons. The van der Waals surface area contributed by atoms with Crippen molar-refractivity contribution in [2.45, 2.75) is 51.4 Å². The second-order valence-corrected chi connectivity index (χ2v) is 7.94. The number of aliphatic hydroxyl groups is 1. The van der Waals surface area contributed by atoms with Gasteiger partial charge in [0.1, 0.15) is 5.75 Å². The Hall–Kier alpha value is -2.08. The lowest BCUT2D eigenvalue weighted by atomic mass is 9.74. The topological polar surface area (TPSA) is 93.1 Å². The summed E-state index contributed by atoms with van der Waals surface area (Å²) in [6.45, 7) is 0.177. The van der Waals surface area contributed by atoms with Gasteiger partial charge in [0.15, 0.2) is 6.61 Å². The van der Waals surface area contributed by atoms with E-state index in [-0.39, 0.29) is 25.6 Å². The van der Waals surface area contributed by atoms with E-state index < -0.39 is 5.97 Å². The summed E-state index contributed by atoms with van der Waals surface area (Å²) in [7, 11) is 0. The second kappa shape index (κ2) is 9.92. The third-order valence-corrected chi connectivity index (χ3v) is 6.14. The predicted octanol–water partition coefficient (Wildman–Crippen LogP) is 2.99. The van der Waals surface area contributed by atoms with Crippen molar-refractivity contribution in [2.24, 2.45) is 17.8 Å². The normalized spacial score (nSPS) is 23.0. The lowest BCUT2D eigenvalue weighted by Crippen LogP contribution is -2.26. The van der Waals surface area contributed by atoms with E-state index in [9.17, 15) is 9.59 Å². The number of hydrogen-bond donors (Lipinski definition) is 2. The average Bonchev–Trinajstić information content (AvgIpc) is 3.08. The molecule has 1 aromatic carbocycles. The molecule has 1 saturated carbocycles. The van der Waals surface area contributed by atoms with E-state index in [0.29, 0.717) is 30.8 Å². The molecule has 2 N–H and O–H groups in total. The van der Waals surface area contributed by atoms with E-state index in [2.05, 4.69) is 6.07 Å². The van der Waals surface area contributed by atoms with Crippen molar-refractivity contribution in [3.05, 3.63) is 29.3 Å². The zero-order valence-corrected chi connectivity index (χ0v) is 16.3. The van der Waals surface area contributed by atoms with Gasteiger partial charge in [-0.15, -0.1) is 0 Å². The van der Waals surface area contributed by atoms with Crippen LogP contribution in [-0.4, -0.2) is 42.0 Å². The van der Waals surface area contributed by atoms with Crippen molar-refractivity contribution >= 4 is 11.9 Å². The molecule has 3 rings (SSSR count). The van der Waals surface area contributed by atoms with Crippen molar-refractivity contribution in [1.82, 2.24) is 0 Å². The van der Waals surface area contributed by atoms with Crippen molar-refractivity contribution in [2.75, 3.05) is 19.8 Å². The first-order valence-electron chi connectivity index (χ1n) is 10.3. The van der Waals surface area contributed by atoms with Crippen LogP contribution in [0.5, 0.6) is 5.75 Å². The minimum absolute atomic E-state index is 0.0186. The molecular formula is C22H30O6. The molecule has 0 amide bonds. The van der Waals surface area contributed by atoms with Gasteiger partial charge in [0.25, 0.3) is 0 Å². The summed E-state index contributed by atoms with van der Waals surface area (Å²) in [6.07, 6.45) is 7.07. The summed E-state index contributed by atoms with van der Waals surface area (Å²) in [5.41, 5.74) is 2.47. The largest absolute Gasteiger partial charge is 0.482 e.